The summed E-state index contributed by atoms with van der Waals surface area (Å²) in [6, 6.07) is 6.29. The van der Waals surface area contributed by atoms with Crippen LogP contribution in [0.2, 0.25) is 0 Å². The van der Waals surface area contributed by atoms with Gasteiger partial charge in [-0.15, -0.1) is 0 Å². The van der Waals surface area contributed by atoms with Crippen molar-refractivity contribution in [3.05, 3.63) is 41.2 Å². The Balaban J connectivity index is 1.84. The number of rotatable bonds is 5. The third-order valence-corrected chi connectivity index (χ3v) is 5.62. The molecule has 0 saturated carbocycles. The third kappa shape index (κ3) is 4.65. The summed E-state index contributed by atoms with van der Waals surface area (Å²) in [6.45, 7) is 12.6. The van der Waals surface area contributed by atoms with Crippen LogP contribution >= 0.6 is 0 Å². The van der Waals surface area contributed by atoms with Gasteiger partial charge in [-0.3, -0.25) is 4.90 Å². The van der Waals surface area contributed by atoms with E-state index in [4.69, 9.17) is 14.2 Å². The average Bonchev–Trinajstić information content (AvgIpc) is 3.06. The van der Waals surface area contributed by atoms with E-state index in [0.29, 0.717) is 5.69 Å². The maximum atomic E-state index is 13.0. The van der Waals surface area contributed by atoms with Gasteiger partial charge in [0.2, 0.25) is 0 Å². The molecule has 0 amide bonds. The van der Waals surface area contributed by atoms with Gasteiger partial charge in [0.1, 0.15) is 5.60 Å². The zero-order valence-electron chi connectivity index (χ0n) is 19.8. The molecule has 0 aliphatic carbocycles. The SMILES string of the molecule is COCc1c(C(=O)OC(C)(C)C)ncc2[nH]c3cccc(CN4CC(C)OC(C)C4)c3c12. The number of morpholine rings is 1. The molecule has 4 rings (SSSR count). The molecular formula is C25H33N3O4. The number of hydrogen-bond acceptors (Lipinski definition) is 6. The molecule has 0 spiro atoms. The first-order valence-corrected chi connectivity index (χ1v) is 11.2. The van der Waals surface area contributed by atoms with Gasteiger partial charge in [0, 0.05) is 48.6 Å². The number of nitrogens with zero attached hydrogens (tertiary/aromatic N) is 2. The van der Waals surface area contributed by atoms with E-state index in [1.807, 2.05) is 20.8 Å². The van der Waals surface area contributed by atoms with Crippen LogP contribution in [-0.2, 0) is 27.4 Å². The quantitative estimate of drug-likeness (QED) is 0.593. The number of pyridine rings is 1. The van der Waals surface area contributed by atoms with E-state index in [2.05, 4.69) is 46.9 Å². The maximum Gasteiger partial charge on any atom is 0.357 e. The molecule has 2 unspecified atom stereocenters. The summed E-state index contributed by atoms with van der Waals surface area (Å²) >= 11 is 0. The lowest BCUT2D eigenvalue weighted by atomic mass is 10.0. The molecule has 1 aromatic carbocycles. The molecule has 7 nitrogen and oxygen atoms in total. The van der Waals surface area contributed by atoms with E-state index in [1.54, 1.807) is 13.3 Å². The largest absolute Gasteiger partial charge is 0.455 e. The Morgan fingerprint density at radius 3 is 2.56 bits per heavy atom. The fourth-order valence-corrected chi connectivity index (χ4v) is 4.65. The van der Waals surface area contributed by atoms with Crippen LogP contribution in [0.4, 0.5) is 0 Å². The van der Waals surface area contributed by atoms with E-state index in [9.17, 15) is 4.79 Å². The zero-order chi connectivity index (χ0) is 23.0. The molecule has 1 saturated heterocycles. The lowest BCUT2D eigenvalue weighted by Gasteiger charge is -2.35. The molecule has 2 aromatic heterocycles. The van der Waals surface area contributed by atoms with Crippen molar-refractivity contribution in [2.45, 2.75) is 65.6 Å². The number of carbonyl (C=O) groups excluding carboxylic acids is 1. The van der Waals surface area contributed by atoms with Crippen LogP contribution in [0.15, 0.2) is 24.4 Å². The number of methoxy groups -OCH3 is 1. The highest BCUT2D eigenvalue weighted by atomic mass is 16.6. The van der Waals surface area contributed by atoms with E-state index in [0.717, 1.165) is 47.0 Å². The minimum atomic E-state index is -0.604. The van der Waals surface area contributed by atoms with Crippen LogP contribution in [0.3, 0.4) is 0 Å². The van der Waals surface area contributed by atoms with E-state index < -0.39 is 11.6 Å². The molecule has 0 bridgehead atoms. The highest BCUT2D eigenvalue weighted by Crippen LogP contribution is 2.34. The van der Waals surface area contributed by atoms with Crippen molar-refractivity contribution in [3.63, 3.8) is 0 Å². The highest BCUT2D eigenvalue weighted by molar-refractivity contribution is 6.12. The number of aromatic nitrogens is 2. The summed E-state index contributed by atoms with van der Waals surface area (Å²) in [5, 5.41) is 2.08. The number of benzene rings is 1. The van der Waals surface area contributed by atoms with Crippen molar-refractivity contribution in [3.8, 4) is 0 Å². The predicted molar refractivity (Wildman–Crippen MR) is 125 cm³/mol. The summed E-state index contributed by atoms with van der Waals surface area (Å²) in [5.74, 6) is -0.436. The second kappa shape index (κ2) is 8.81. The molecule has 32 heavy (non-hydrogen) atoms. The minimum Gasteiger partial charge on any atom is -0.455 e. The highest BCUT2D eigenvalue weighted by Gasteiger charge is 2.26. The van der Waals surface area contributed by atoms with E-state index in [-0.39, 0.29) is 18.8 Å². The molecule has 3 heterocycles. The van der Waals surface area contributed by atoms with Gasteiger partial charge in [-0.05, 0) is 46.2 Å². The van der Waals surface area contributed by atoms with Gasteiger partial charge in [-0.2, -0.15) is 0 Å². The molecule has 1 fully saturated rings. The van der Waals surface area contributed by atoms with Crippen LogP contribution in [0.1, 0.15) is 56.2 Å². The van der Waals surface area contributed by atoms with Gasteiger partial charge in [-0.1, -0.05) is 12.1 Å². The first-order valence-electron chi connectivity index (χ1n) is 11.2. The number of hydrogen-bond donors (Lipinski definition) is 1. The van der Waals surface area contributed by atoms with Crippen LogP contribution in [0.25, 0.3) is 21.8 Å². The fraction of sp³-hybridized carbons (Fsp3) is 0.520. The van der Waals surface area contributed by atoms with Crippen molar-refractivity contribution in [1.82, 2.24) is 14.9 Å². The van der Waals surface area contributed by atoms with Crippen molar-refractivity contribution < 1.29 is 19.0 Å². The van der Waals surface area contributed by atoms with Gasteiger partial charge in [-0.25, -0.2) is 9.78 Å². The molecule has 0 radical (unpaired) electrons. The topological polar surface area (TPSA) is 76.7 Å². The molecule has 3 aromatic rings. The third-order valence-electron chi connectivity index (χ3n) is 5.62. The van der Waals surface area contributed by atoms with Crippen molar-refractivity contribution in [2.75, 3.05) is 20.2 Å². The van der Waals surface area contributed by atoms with Crippen LogP contribution in [0.5, 0.6) is 0 Å². The summed E-state index contributed by atoms with van der Waals surface area (Å²) in [7, 11) is 1.63. The number of ether oxygens (including phenoxy) is 3. The number of carbonyl (C=O) groups is 1. The summed E-state index contributed by atoms with van der Waals surface area (Å²) in [6.07, 6.45) is 2.12. The Morgan fingerprint density at radius 1 is 1.19 bits per heavy atom. The Hall–Kier alpha value is -2.48. The van der Waals surface area contributed by atoms with Crippen LogP contribution in [-0.4, -0.2) is 58.8 Å². The summed E-state index contributed by atoms with van der Waals surface area (Å²) in [4.78, 5) is 23.3. The van der Waals surface area contributed by atoms with Gasteiger partial charge in [0.05, 0.1) is 30.5 Å². The normalized spacial score (nSPS) is 20.2. The van der Waals surface area contributed by atoms with Crippen molar-refractivity contribution in [2.24, 2.45) is 0 Å². The van der Waals surface area contributed by atoms with Crippen LogP contribution < -0.4 is 0 Å². The standard InChI is InChI=1S/C25H33N3O4/c1-15-11-28(12-16(2)31-15)13-17-8-7-9-19-21(17)22-18(14-30-6)23(26-10-20(22)27-19)24(29)32-25(3,4)5/h7-10,15-16,27H,11-14H2,1-6H3. The predicted octanol–water partition coefficient (Wildman–Crippen LogP) is 4.43. The number of H-pyrrole nitrogens is 1. The number of fused-ring (bicyclic) bond motifs is 3. The summed E-state index contributed by atoms with van der Waals surface area (Å²) in [5.41, 5.74) is 3.56. The molecule has 1 aliphatic heterocycles. The number of esters is 1. The average molecular weight is 440 g/mol. The second-order valence-electron chi connectivity index (χ2n) is 9.73. The van der Waals surface area contributed by atoms with Gasteiger partial charge < -0.3 is 19.2 Å². The fourth-order valence-electron chi connectivity index (χ4n) is 4.65. The smallest absolute Gasteiger partial charge is 0.357 e. The molecule has 7 heteroatoms. The Kier molecular flexibility index (Phi) is 6.25. The molecular weight excluding hydrogens is 406 g/mol. The number of aromatic amines is 1. The molecule has 172 valence electrons. The Morgan fingerprint density at radius 2 is 1.91 bits per heavy atom. The van der Waals surface area contributed by atoms with E-state index in [1.165, 1.54) is 5.56 Å². The van der Waals surface area contributed by atoms with E-state index >= 15 is 0 Å². The van der Waals surface area contributed by atoms with Crippen LogP contribution in [0, 0.1) is 0 Å². The summed E-state index contributed by atoms with van der Waals surface area (Å²) < 4.78 is 17.0. The first-order chi connectivity index (χ1) is 15.2. The minimum absolute atomic E-state index is 0.202. The monoisotopic (exact) mass is 439 g/mol. The lowest BCUT2D eigenvalue weighted by Crippen LogP contribution is -2.44. The van der Waals surface area contributed by atoms with Crippen molar-refractivity contribution in [1.29, 1.82) is 0 Å². The Bertz CT molecular complexity index is 1120. The van der Waals surface area contributed by atoms with Crippen molar-refractivity contribution >= 4 is 27.8 Å². The second-order valence-corrected chi connectivity index (χ2v) is 9.73. The Labute approximate surface area is 189 Å². The molecule has 2 atom stereocenters. The van der Waals surface area contributed by atoms with Gasteiger partial charge in [0.25, 0.3) is 0 Å². The van der Waals surface area contributed by atoms with Gasteiger partial charge >= 0.3 is 5.97 Å². The molecule has 1 N–H and O–H groups in total. The zero-order valence-corrected chi connectivity index (χ0v) is 19.8. The number of nitrogens with one attached hydrogen (secondary N) is 1. The molecule has 1 aliphatic rings. The van der Waals surface area contributed by atoms with Gasteiger partial charge in [0.15, 0.2) is 5.69 Å². The maximum absolute atomic E-state index is 13.0. The first kappa shape index (κ1) is 22.7. The lowest BCUT2D eigenvalue weighted by molar-refractivity contribution is -0.0703.